The summed E-state index contributed by atoms with van der Waals surface area (Å²) in [5, 5.41) is 3.01. The van der Waals surface area contributed by atoms with Crippen LogP contribution in [0.3, 0.4) is 0 Å². The first-order chi connectivity index (χ1) is 14.1. The Balaban J connectivity index is 1.45. The zero-order chi connectivity index (χ0) is 20.6. The van der Waals surface area contributed by atoms with Crippen molar-refractivity contribution >= 4 is 5.91 Å². The summed E-state index contributed by atoms with van der Waals surface area (Å²) in [6.45, 7) is 4.47. The van der Waals surface area contributed by atoms with Crippen LogP contribution >= 0.6 is 0 Å². The van der Waals surface area contributed by atoms with Crippen molar-refractivity contribution in [2.24, 2.45) is 0 Å². The highest BCUT2D eigenvalue weighted by Gasteiger charge is 2.30. The van der Waals surface area contributed by atoms with Crippen molar-refractivity contribution in [3.05, 3.63) is 53.9 Å². The van der Waals surface area contributed by atoms with Crippen LogP contribution in [0.4, 0.5) is 0 Å². The van der Waals surface area contributed by atoms with Crippen molar-refractivity contribution in [2.75, 3.05) is 27.3 Å². The lowest BCUT2D eigenvalue weighted by Crippen LogP contribution is -2.44. The van der Waals surface area contributed by atoms with Gasteiger partial charge in [-0.15, -0.1) is 0 Å². The number of likely N-dealkylation sites (tertiary alicyclic amines) is 1. The first-order valence-corrected chi connectivity index (χ1v) is 9.85. The summed E-state index contributed by atoms with van der Waals surface area (Å²) in [6.07, 6.45) is 2.81. The number of rotatable bonds is 9. The Morgan fingerprint density at radius 2 is 2.07 bits per heavy atom. The van der Waals surface area contributed by atoms with Crippen molar-refractivity contribution in [3.63, 3.8) is 0 Å². The number of aromatic nitrogens is 1. The number of amides is 1. The highest BCUT2D eigenvalue weighted by Crippen LogP contribution is 2.27. The summed E-state index contributed by atoms with van der Waals surface area (Å²) < 4.78 is 16.5. The lowest BCUT2D eigenvalue weighted by molar-refractivity contribution is -0.125. The number of pyridine rings is 1. The molecule has 1 aliphatic rings. The summed E-state index contributed by atoms with van der Waals surface area (Å²) in [5.41, 5.74) is 1.88. The number of carbonyl (C=O) groups is 1. The fourth-order valence-electron chi connectivity index (χ4n) is 3.42. The molecule has 0 saturated carbocycles. The summed E-state index contributed by atoms with van der Waals surface area (Å²) >= 11 is 0. The molecule has 2 aromatic rings. The molecular formula is C22H29N3O4. The van der Waals surface area contributed by atoms with Gasteiger partial charge in [0.15, 0.2) is 11.5 Å². The number of hydrogen-bond acceptors (Lipinski definition) is 6. The largest absolute Gasteiger partial charge is 0.493 e. The molecule has 1 aliphatic heterocycles. The number of benzene rings is 1. The number of methoxy groups -OCH3 is 2. The van der Waals surface area contributed by atoms with E-state index in [0.717, 1.165) is 30.8 Å². The second-order valence-corrected chi connectivity index (χ2v) is 7.12. The quantitative estimate of drug-likeness (QED) is 0.698. The van der Waals surface area contributed by atoms with Gasteiger partial charge in [-0.25, -0.2) is 0 Å². The molecule has 1 aromatic carbocycles. The smallest absolute Gasteiger partial charge is 0.237 e. The standard InChI is InChI=1S/C22H29N3O4/c1-16(22(26)24-13-17-7-8-20(27-2)21(12-17)28-3)25-11-9-19(14-25)29-15-18-6-4-5-10-23-18/h4-8,10,12,16,19H,9,11,13-15H2,1-3H3,(H,24,26)/t16-,19+/m0/s1. The minimum Gasteiger partial charge on any atom is -0.493 e. The van der Waals surface area contributed by atoms with Gasteiger partial charge in [-0.2, -0.15) is 0 Å². The first-order valence-electron chi connectivity index (χ1n) is 9.85. The summed E-state index contributed by atoms with van der Waals surface area (Å²) in [5.74, 6) is 1.33. The Bertz CT molecular complexity index is 800. The van der Waals surface area contributed by atoms with Gasteiger partial charge in [-0.1, -0.05) is 12.1 Å². The number of hydrogen-bond donors (Lipinski definition) is 1. The van der Waals surface area contributed by atoms with E-state index in [1.54, 1.807) is 20.4 Å². The fourth-order valence-corrected chi connectivity index (χ4v) is 3.42. The van der Waals surface area contributed by atoms with Crippen molar-refractivity contribution < 1.29 is 19.0 Å². The zero-order valence-electron chi connectivity index (χ0n) is 17.3. The second kappa shape index (κ2) is 10.2. The second-order valence-electron chi connectivity index (χ2n) is 7.12. The van der Waals surface area contributed by atoms with Gasteiger partial charge < -0.3 is 19.5 Å². The van der Waals surface area contributed by atoms with Crippen molar-refractivity contribution in [1.29, 1.82) is 0 Å². The topological polar surface area (TPSA) is 72.9 Å². The Morgan fingerprint density at radius 1 is 1.24 bits per heavy atom. The van der Waals surface area contributed by atoms with Gasteiger partial charge in [0.1, 0.15) is 0 Å². The Kier molecular flexibility index (Phi) is 7.43. The normalized spacial score (nSPS) is 17.7. The van der Waals surface area contributed by atoms with Gasteiger partial charge in [0.25, 0.3) is 0 Å². The maximum Gasteiger partial charge on any atom is 0.237 e. The molecule has 29 heavy (non-hydrogen) atoms. The van der Waals surface area contributed by atoms with E-state index in [1.165, 1.54) is 0 Å². The van der Waals surface area contributed by atoms with Crippen LogP contribution in [-0.2, 0) is 22.7 Å². The minimum absolute atomic E-state index is 0.00478. The monoisotopic (exact) mass is 399 g/mol. The molecule has 1 fully saturated rings. The molecule has 3 rings (SSSR count). The predicted octanol–water partition coefficient (Wildman–Crippen LogP) is 2.39. The van der Waals surface area contributed by atoms with Crippen LogP contribution in [-0.4, -0.2) is 55.2 Å². The van der Waals surface area contributed by atoms with Crippen molar-refractivity contribution in [1.82, 2.24) is 15.2 Å². The molecule has 2 heterocycles. The van der Waals surface area contributed by atoms with Gasteiger partial charge in [0.2, 0.25) is 5.91 Å². The maximum atomic E-state index is 12.6. The van der Waals surface area contributed by atoms with E-state index in [1.807, 2.05) is 43.3 Å². The summed E-state index contributed by atoms with van der Waals surface area (Å²) in [7, 11) is 3.20. The van der Waals surface area contributed by atoms with E-state index in [-0.39, 0.29) is 18.1 Å². The van der Waals surface area contributed by atoms with E-state index in [2.05, 4.69) is 15.2 Å². The average molecular weight is 399 g/mol. The number of ether oxygens (including phenoxy) is 3. The number of carbonyl (C=O) groups excluding carboxylic acids is 1. The number of nitrogens with one attached hydrogen (secondary N) is 1. The fraction of sp³-hybridized carbons (Fsp3) is 0.455. The van der Waals surface area contributed by atoms with Gasteiger partial charge in [-0.3, -0.25) is 14.7 Å². The molecule has 0 unspecified atom stereocenters. The molecule has 7 heteroatoms. The molecule has 1 aromatic heterocycles. The SMILES string of the molecule is COc1ccc(CNC(=O)[C@H](C)N2CC[C@@H](OCc3ccccn3)C2)cc1OC. The van der Waals surface area contributed by atoms with Gasteiger partial charge in [-0.05, 0) is 43.2 Å². The van der Waals surface area contributed by atoms with Crippen molar-refractivity contribution in [3.8, 4) is 11.5 Å². The summed E-state index contributed by atoms with van der Waals surface area (Å²) in [6, 6.07) is 11.2. The molecule has 0 bridgehead atoms. The molecule has 0 radical (unpaired) electrons. The van der Waals surface area contributed by atoms with E-state index >= 15 is 0 Å². The van der Waals surface area contributed by atoms with Crippen LogP contribution in [0, 0.1) is 0 Å². The third-order valence-corrected chi connectivity index (χ3v) is 5.21. The molecular weight excluding hydrogens is 370 g/mol. The predicted molar refractivity (Wildman–Crippen MR) is 110 cm³/mol. The van der Waals surface area contributed by atoms with Crippen LogP contribution in [0.15, 0.2) is 42.6 Å². The molecule has 0 spiro atoms. The molecule has 2 atom stereocenters. The Hall–Kier alpha value is -2.64. The zero-order valence-corrected chi connectivity index (χ0v) is 17.3. The Morgan fingerprint density at radius 3 is 2.79 bits per heavy atom. The van der Waals surface area contributed by atoms with Crippen LogP contribution in [0.5, 0.6) is 11.5 Å². The lowest BCUT2D eigenvalue weighted by atomic mass is 10.2. The highest BCUT2D eigenvalue weighted by atomic mass is 16.5. The molecule has 1 amide bonds. The van der Waals surface area contributed by atoms with Crippen molar-refractivity contribution in [2.45, 2.75) is 38.6 Å². The van der Waals surface area contributed by atoms with E-state index in [9.17, 15) is 4.79 Å². The van der Waals surface area contributed by atoms with Crippen LogP contribution in [0.1, 0.15) is 24.6 Å². The van der Waals surface area contributed by atoms with E-state index < -0.39 is 0 Å². The lowest BCUT2D eigenvalue weighted by Gasteiger charge is -2.23. The Labute approximate surface area is 172 Å². The molecule has 0 aliphatic carbocycles. The van der Waals surface area contributed by atoms with Gasteiger partial charge >= 0.3 is 0 Å². The molecule has 7 nitrogen and oxygen atoms in total. The highest BCUT2D eigenvalue weighted by molar-refractivity contribution is 5.81. The molecule has 1 N–H and O–H groups in total. The van der Waals surface area contributed by atoms with Crippen LogP contribution < -0.4 is 14.8 Å². The van der Waals surface area contributed by atoms with E-state index in [0.29, 0.717) is 24.7 Å². The van der Waals surface area contributed by atoms with E-state index in [4.69, 9.17) is 14.2 Å². The average Bonchev–Trinajstić information content (AvgIpc) is 3.25. The van der Waals surface area contributed by atoms with Crippen LogP contribution in [0.25, 0.3) is 0 Å². The maximum absolute atomic E-state index is 12.6. The third kappa shape index (κ3) is 5.68. The first kappa shape index (κ1) is 21.1. The minimum atomic E-state index is -0.210. The number of nitrogens with zero attached hydrogens (tertiary/aromatic N) is 2. The van der Waals surface area contributed by atoms with Gasteiger partial charge in [0, 0.05) is 25.8 Å². The summed E-state index contributed by atoms with van der Waals surface area (Å²) in [4.78, 5) is 19.0. The molecule has 1 saturated heterocycles. The van der Waals surface area contributed by atoms with Crippen LogP contribution in [0.2, 0.25) is 0 Å². The third-order valence-electron chi connectivity index (χ3n) is 5.21. The van der Waals surface area contributed by atoms with Gasteiger partial charge in [0.05, 0.1) is 38.7 Å². The molecule has 156 valence electrons.